The number of rotatable bonds is 3. The zero-order chi connectivity index (χ0) is 15.4. The van der Waals surface area contributed by atoms with E-state index in [0.717, 1.165) is 10.4 Å². The molecule has 3 rings (SSSR count). The number of hydrogen-bond donors (Lipinski definition) is 0. The molecule has 7 heteroatoms. The summed E-state index contributed by atoms with van der Waals surface area (Å²) < 4.78 is 43.0. The van der Waals surface area contributed by atoms with Gasteiger partial charge in [0.25, 0.3) is 0 Å². The Morgan fingerprint density at radius 1 is 1.33 bits per heavy atom. The Balaban J connectivity index is 1.83. The quantitative estimate of drug-likeness (QED) is 0.841. The molecule has 1 aliphatic carbocycles. The van der Waals surface area contributed by atoms with Crippen LogP contribution in [0.3, 0.4) is 0 Å². The van der Waals surface area contributed by atoms with Gasteiger partial charge in [0.1, 0.15) is 0 Å². The lowest BCUT2D eigenvalue weighted by Crippen LogP contribution is -2.18. The van der Waals surface area contributed by atoms with Gasteiger partial charge in [-0.2, -0.15) is 18.2 Å². The van der Waals surface area contributed by atoms with Gasteiger partial charge in [0.2, 0.25) is 5.89 Å². The SMILES string of the molecule is Cc1cc(C(C)(C)c2nc([C@@H]3C[C@H]3C(F)(F)F)no2)cs1. The molecule has 0 aliphatic heterocycles. The van der Waals surface area contributed by atoms with E-state index in [1.807, 2.05) is 32.2 Å². The maximum atomic E-state index is 12.6. The lowest BCUT2D eigenvalue weighted by atomic mass is 9.86. The molecule has 3 nitrogen and oxygen atoms in total. The van der Waals surface area contributed by atoms with E-state index in [2.05, 4.69) is 10.1 Å². The summed E-state index contributed by atoms with van der Waals surface area (Å²) in [7, 11) is 0. The van der Waals surface area contributed by atoms with E-state index in [1.54, 1.807) is 11.3 Å². The normalized spacial score (nSPS) is 22.6. The minimum Gasteiger partial charge on any atom is -0.338 e. The summed E-state index contributed by atoms with van der Waals surface area (Å²) in [4.78, 5) is 5.38. The molecule has 0 spiro atoms. The molecule has 1 aliphatic rings. The first-order chi connectivity index (χ1) is 9.69. The number of nitrogens with zero attached hydrogens (tertiary/aromatic N) is 2. The molecule has 0 bridgehead atoms. The molecule has 2 aromatic rings. The predicted molar refractivity (Wildman–Crippen MR) is 72.4 cm³/mol. The van der Waals surface area contributed by atoms with Crippen LogP contribution in [0.5, 0.6) is 0 Å². The van der Waals surface area contributed by atoms with E-state index in [1.165, 1.54) is 0 Å². The van der Waals surface area contributed by atoms with E-state index in [-0.39, 0.29) is 12.2 Å². The Kier molecular flexibility index (Phi) is 3.16. The van der Waals surface area contributed by atoms with Gasteiger partial charge in [-0.15, -0.1) is 11.3 Å². The molecule has 2 aromatic heterocycles. The monoisotopic (exact) mass is 316 g/mol. The Morgan fingerprint density at radius 2 is 2.05 bits per heavy atom. The van der Waals surface area contributed by atoms with Crippen LogP contribution in [0.4, 0.5) is 13.2 Å². The molecule has 0 unspecified atom stereocenters. The van der Waals surface area contributed by atoms with Crippen LogP contribution < -0.4 is 0 Å². The first-order valence-electron chi connectivity index (χ1n) is 6.66. The molecule has 2 heterocycles. The van der Waals surface area contributed by atoms with Crippen molar-refractivity contribution in [3.05, 3.63) is 33.6 Å². The van der Waals surface area contributed by atoms with E-state index in [4.69, 9.17) is 4.52 Å². The van der Waals surface area contributed by atoms with E-state index in [0.29, 0.717) is 5.89 Å². The minimum atomic E-state index is -4.18. The van der Waals surface area contributed by atoms with E-state index in [9.17, 15) is 13.2 Å². The van der Waals surface area contributed by atoms with Crippen LogP contribution in [-0.4, -0.2) is 16.3 Å². The van der Waals surface area contributed by atoms with Crippen molar-refractivity contribution in [2.24, 2.45) is 5.92 Å². The van der Waals surface area contributed by atoms with E-state index >= 15 is 0 Å². The smallest absolute Gasteiger partial charge is 0.338 e. The van der Waals surface area contributed by atoms with Crippen molar-refractivity contribution in [3.63, 3.8) is 0 Å². The number of thiophene rings is 1. The molecule has 0 radical (unpaired) electrons. The Hall–Kier alpha value is -1.37. The Bertz CT molecular complexity index is 659. The van der Waals surface area contributed by atoms with Gasteiger partial charge in [-0.25, -0.2) is 0 Å². The van der Waals surface area contributed by atoms with Gasteiger partial charge in [0, 0.05) is 10.8 Å². The van der Waals surface area contributed by atoms with Crippen molar-refractivity contribution in [1.29, 1.82) is 0 Å². The highest BCUT2D eigenvalue weighted by Crippen LogP contribution is 2.55. The Morgan fingerprint density at radius 3 is 2.57 bits per heavy atom. The van der Waals surface area contributed by atoms with Crippen molar-refractivity contribution in [3.8, 4) is 0 Å². The van der Waals surface area contributed by atoms with Crippen molar-refractivity contribution in [2.45, 2.75) is 44.7 Å². The zero-order valence-electron chi connectivity index (χ0n) is 11.9. The van der Waals surface area contributed by atoms with Crippen LogP contribution in [0.2, 0.25) is 0 Å². The first kappa shape index (κ1) is 14.6. The van der Waals surface area contributed by atoms with Crippen molar-refractivity contribution < 1.29 is 17.7 Å². The molecular weight excluding hydrogens is 301 g/mol. The van der Waals surface area contributed by atoms with Gasteiger partial charge in [-0.05, 0) is 44.2 Å². The predicted octanol–water partition coefficient (Wildman–Crippen LogP) is 4.43. The van der Waals surface area contributed by atoms with Crippen molar-refractivity contribution >= 4 is 11.3 Å². The van der Waals surface area contributed by atoms with Gasteiger partial charge in [0.05, 0.1) is 11.3 Å². The summed E-state index contributed by atoms with van der Waals surface area (Å²) in [6.07, 6.45) is -4.12. The largest absolute Gasteiger partial charge is 0.392 e. The number of aromatic nitrogens is 2. The summed E-state index contributed by atoms with van der Waals surface area (Å²) in [6, 6.07) is 2.03. The second kappa shape index (κ2) is 4.56. The third-order valence-electron chi connectivity index (χ3n) is 3.97. The van der Waals surface area contributed by atoms with Crippen LogP contribution in [0.25, 0.3) is 0 Å². The topological polar surface area (TPSA) is 38.9 Å². The lowest BCUT2D eigenvalue weighted by Gasteiger charge is -2.18. The molecule has 2 atom stereocenters. The fourth-order valence-corrected chi connectivity index (χ4v) is 3.25. The third kappa shape index (κ3) is 2.59. The second-order valence-electron chi connectivity index (χ2n) is 6.02. The molecule has 1 saturated carbocycles. The number of halogens is 3. The molecule has 21 heavy (non-hydrogen) atoms. The van der Waals surface area contributed by atoms with Gasteiger partial charge >= 0.3 is 6.18 Å². The van der Waals surface area contributed by atoms with Crippen molar-refractivity contribution in [1.82, 2.24) is 10.1 Å². The van der Waals surface area contributed by atoms with Gasteiger partial charge in [-0.3, -0.25) is 0 Å². The average Bonchev–Trinajstić information content (AvgIpc) is 2.83. The van der Waals surface area contributed by atoms with Crippen molar-refractivity contribution in [2.75, 3.05) is 0 Å². The standard InChI is InChI=1S/C14H15F3N2OS/c1-7-4-8(6-21-7)13(2,3)12-18-11(19-20-12)9-5-10(9)14(15,16)17/h4,6,9-10H,5H2,1-3H3/t9-,10-/m1/s1. The van der Waals surface area contributed by atoms with Gasteiger partial charge < -0.3 is 4.52 Å². The van der Waals surface area contributed by atoms with Crippen LogP contribution in [0.1, 0.15) is 48.3 Å². The van der Waals surface area contributed by atoms with E-state index < -0.39 is 23.4 Å². The fourth-order valence-electron chi connectivity index (χ4n) is 2.38. The summed E-state index contributed by atoms with van der Waals surface area (Å²) in [6.45, 7) is 5.86. The zero-order valence-corrected chi connectivity index (χ0v) is 12.7. The molecule has 0 saturated heterocycles. The number of hydrogen-bond acceptors (Lipinski definition) is 4. The maximum Gasteiger partial charge on any atom is 0.392 e. The summed E-state index contributed by atoms with van der Waals surface area (Å²) in [5, 5.41) is 5.77. The number of alkyl halides is 3. The molecular formula is C14H15F3N2OS. The summed E-state index contributed by atoms with van der Waals surface area (Å²) >= 11 is 1.62. The Labute approximate surface area is 124 Å². The van der Waals surface area contributed by atoms with Crippen LogP contribution in [0.15, 0.2) is 16.0 Å². The maximum absolute atomic E-state index is 12.6. The lowest BCUT2D eigenvalue weighted by molar-refractivity contribution is -0.148. The highest BCUT2D eigenvalue weighted by molar-refractivity contribution is 7.10. The average molecular weight is 316 g/mol. The van der Waals surface area contributed by atoms with Crippen LogP contribution >= 0.6 is 11.3 Å². The summed E-state index contributed by atoms with van der Waals surface area (Å²) in [5.41, 5.74) is 0.530. The molecule has 1 fully saturated rings. The third-order valence-corrected chi connectivity index (χ3v) is 4.83. The van der Waals surface area contributed by atoms with Gasteiger partial charge in [0.15, 0.2) is 5.82 Å². The molecule has 0 N–H and O–H groups in total. The highest BCUT2D eigenvalue weighted by Gasteiger charge is 2.58. The minimum absolute atomic E-state index is 0.0560. The van der Waals surface area contributed by atoms with Gasteiger partial charge in [-0.1, -0.05) is 5.16 Å². The van der Waals surface area contributed by atoms with Crippen LogP contribution in [0, 0.1) is 12.8 Å². The molecule has 0 aromatic carbocycles. The summed E-state index contributed by atoms with van der Waals surface area (Å²) in [5.74, 6) is -1.44. The molecule has 114 valence electrons. The van der Waals surface area contributed by atoms with Crippen LogP contribution in [-0.2, 0) is 5.41 Å². The second-order valence-corrected chi connectivity index (χ2v) is 7.13. The highest BCUT2D eigenvalue weighted by atomic mass is 32.1. The number of aryl methyl sites for hydroxylation is 1. The first-order valence-corrected chi connectivity index (χ1v) is 7.54. The fraction of sp³-hybridized carbons (Fsp3) is 0.571. The molecule has 0 amide bonds.